The Hall–Kier alpha value is -2.93. The highest BCUT2D eigenvalue weighted by atomic mass is 35.5. The number of amides is 2. The lowest BCUT2D eigenvalue weighted by molar-refractivity contribution is -0.119. The van der Waals surface area contributed by atoms with Gasteiger partial charge in [0.05, 0.1) is 24.9 Å². The normalized spacial score (nSPS) is 11.0. The Labute approximate surface area is 175 Å². The smallest absolute Gasteiger partial charge is 0.255 e. The van der Waals surface area contributed by atoms with E-state index in [0.29, 0.717) is 11.4 Å². The zero-order valence-corrected chi connectivity index (χ0v) is 17.8. The SMILES string of the molecule is COc1ccc(C(C)(C)C)cc1NC(=O)c1cc(Cl)c(OCC(N)=O)c(OC)c1. The van der Waals surface area contributed by atoms with Gasteiger partial charge in [-0.05, 0) is 35.2 Å². The number of carbonyl (C=O) groups is 2. The first-order chi connectivity index (χ1) is 13.6. The standard InChI is InChI=1S/C21H25ClN2O5/c1-21(2,3)13-6-7-16(27-4)15(10-13)24-20(26)12-8-14(22)19(17(9-12)28-5)29-11-18(23)25/h6-10H,11H2,1-5H3,(H2,23,25)(H,24,26). The molecule has 156 valence electrons. The van der Waals surface area contributed by atoms with Gasteiger partial charge in [-0.15, -0.1) is 0 Å². The van der Waals surface area contributed by atoms with E-state index in [2.05, 4.69) is 26.1 Å². The molecule has 0 aliphatic carbocycles. The topological polar surface area (TPSA) is 99.9 Å². The molecule has 0 aliphatic heterocycles. The summed E-state index contributed by atoms with van der Waals surface area (Å²) in [6.45, 7) is 5.87. The molecule has 0 heterocycles. The van der Waals surface area contributed by atoms with E-state index in [1.807, 2.05) is 18.2 Å². The molecule has 0 spiro atoms. The first-order valence-corrected chi connectivity index (χ1v) is 9.23. The van der Waals surface area contributed by atoms with Crippen LogP contribution in [0.3, 0.4) is 0 Å². The fraction of sp³-hybridized carbons (Fsp3) is 0.333. The zero-order valence-electron chi connectivity index (χ0n) is 17.1. The molecule has 2 rings (SSSR count). The third-order valence-electron chi connectivity index (χ3n) is 4.16. The average molecular weight is 421 g/mol. The maximum absolute atomic E-state index is 12.8. The van der Waals surface area contributed by atoms with E-state index in [9.17, 15) is 9.59 Å². The number of ether oxygens (including phenoxy) is 3. The van der Waals surface area contributed by atoms with Gasteiger partial charge in [0, 0.05) is 5.56 Å². The Morgan fingerprint density at radius 1 is 1.07 bits per heavy atom. The molecule has 29 heavy (non-hydrogen) atoms. The van der Waals surface area contributed by atoms with Crippen LogP contribution in [-0.4, -0.2) is 32.6 Å². The molecule has 2 amide bonds. The van der Waals surface area contributed by atoms with Crippen molar-refractivity contribution < 1.29 is 23.8 Å². The lowest BCUT2D eigenvalue weighted by atomic mass is 9.87. The molecule has 0 radical (unpaired) electrons. The number of nitrogens with two attached hydrogens (primary N) is 1. The van der Waals surface area contributed by atoms with Crippen LogP contribution in [0, 0.1) is 0 Å². The second-order valence-corrected chi connectivity index (χ2v) is 7.77. The van der Waals surface area contributed by atoms with Crippen LogP contribution in [0.4, 0.5) is 5.69 Å². The van der Waals surface area contributed by atoms with Gasteiger partial charge in [0.2, 0.25) is 0 Å². The van der Waals surface area contributed by atoms with Crippen LogP contribution >= 0.6 is 11.6 Å². The first-order valence-electron chi connectivity index (χ1n) is 8.85. The predicted molar refractivity (Wildman–Crippen MR) is 112 cm³/mol. The van der Waals surface area contributed by atoms with E-state index in [0.717, 1.165) is 5.56 Å². The van der Waals surface area contributed by atoms with E-state index in [1.54, 1.807) is 0 Å². The van der Waals surface area contributed by atoms with Crippen molar-refractivity contribution >= 4 is 29.1 Å². The van der Waals surface area contributed by atoms with E-state index in [1.165, 1.54) is 26.4 Å². The van der Waals surface area contributed by atoms with Crippen LogP contribution in [0.1, 0.15) is 36.7 Å². The molecule has 8 heteroatoms. The van der Waals surface area contributed by atoms with Gasteiger partial charge in [0.15, 0.2) is 18.1 Å². The molecule has 3 N–H and O–H groups in total. The highest BCUT2D eigenvalue weighted by Crippen LogP contribution is 2.37. The molecular formula is C21H25ClN2O5. The lowest BCUT2D eigenvalue weighted by Crippen LogP contribution is -2.20. The van der Waals surface area contributed by atoms with E-state index >= 15 is 0 Å². The van der Waals surface area contributed by atoms with E-state index in [-0.39, 0.29) is 34.1 Å². The molecule has 2 aromatic carbocycles. The fourth-order valence-corrected chi connectivity index (χ4v) is 2.87. The van der Waals surface area contributed by atoms with Gasteiger partial charge in [0.1, 0.15) is 5.75 Å². The van der Waals surface area contributed by atoms with Gasteiger partial charge < -0.3 is 25.3 Å². The number of benzene rings is 2. The Bertz CT molecular complexity index is 922. The van der Waals surface area contributed by atoms with Gasteiger partial charge in [-0.25, -0.2) is 0 Å². The quantitative estimate of drug-likeness (QED) is 0.710. The van der Waals surface area contributed by atoms with Crippen LogP contribution in [0.25, 0.3) is 0 Å². The summed E-state index contributed by atoms with van der Waals surface area (Å²) in [6.07, 6.45) is 0. The summed E-state index contributed by atoms with van der Waals surface area (Å²) in [6, 6.07) is 8.54. The summed E-state index contributed by atoms with van der Waals surface area (Å²) in [5.74, 6) is -0.186. The Morgan fingerprint density at radius 2 is 1.72 bits per heavy atom. The summed E-state index contributed by atoms with van der Waals surface area (Å²) in [5.41, 5.74) is 6.82. The predicted octanol–water partition coefficient (Wildman–Crippen LogP) is 3.77. The van der Waals surface area contributed by atoms with Crippen molar-refractivity contribution in [2.45, 2.75) is 26.2 Å². The second-order valence-electron chi connectivity index (χ2n) is 7.36. The number of hydrogen-bond donors (Lipinski definition) is 2. The van der Waals surface area contributed by atoms with Gasteiger partial charge in [0.25, 0.3) is 11.8 Å². The molecule has 0 aromatic heterocycles. The number of carbonyl (C=O) groups excluding carboxylic acids is 2. The molecule has 7 nitrogen and oxygen atoms in total. The van der Waals surface area contributed by atoms with Crippen LogP contribution in [0.15, 0.2) is 30.3 Å². The number of nitrogens with one attached hydrogen (secondary N) is 1. The van der Waals surface area contributed by atoms with Gasteiger partial charge in [-0.2, -0.15) is 0 Å². The molecule has 2 aromatic rings. The molecule has 0 saturated heterocycles. The van der Waals surface area contributed by atoms with Crippen molar-refractivity contribution in [2.75, 3.05) is 26.1 Å². The number of anilines is 1. The molecule has 0 bridgehead atoms. The van der Waals surface area contributed by atoms with Crippen LogP contribution < -0.4 is 25.3 Å². The molecule has 0 fully saturated rings. The maximum Gasteiger partial charge on any atom is 0.255 e. The lowest BCUT2D eigenvalue weighted by Gasteiger charge is -2.21. The Balaban J connectivity index is 2.36. The van der Waals surface area contributed by atoms with Crippen molar-refractivity contribution in [1.29, 1.82) is 0 Å². The number of methoxy groups -OCH3 is 2. The van der Waals surface area contributed by atoms with E-state index in [4.69, 9.17) is 31.5 Å². The summed E-state index contributed by atoms with van der Waals surface area (Å²) in [7, 11) is 2.94. The van der Waals surface area contributed by atoms with Crippen molar-refractivity contribution in [3.8, 4) is 17.2 Å². The van der Waals surface area contributed by atoms with Crippen molar-refractivity contribution in [3.05, 3.63) is 46.5 Å². The largest absolute Gasteiger partial charge is 0.495 e. The third-order valence-corrected chi connectivity index (χ3v) is 4.44. The fourth-order valence-electron chi connectivity index (χ4n) is 2.60. The minimum Gasteiger partial charge on any atom is -0.495 e. The zero-order chi connectivity index (χ0) is 21.8. The van der Waals surface area contributed by atoms with Crippen LogP contribution in [0.2, 0.25) is 5.02 Å². The van der Waals surface area contributed by atoms with Crippen molar-refractivity contribution in [2.24, 2.45) is 5.73 Å². The second kappa shape index (κ2) is 9.05. The number of primary amides is 1. The summed E-state index contributed by atoms with van der Waals surface area (Å²) >= 11 is 6.23. The molecule has 0 atom stereocenters. The summed E-state index contributed by atoms with van der Waals surface area (Å²) in [4.78, 5) is 23.8. The number of rotatable bonds is 7. The van der Waals surface area contributed by atoms with Crippen molar-refractivity contribution in [3.63, 3.8) is 0 Å². The van der Waals surface area contributed by atoms with Crippen LogP contribution in [0.5, 0.6) is 17.2 Å². The molecule has 0 aliphatic rings. The molecular weight excluding hydrogens is 396 g/mol. The first kappa shape index (κ1) is 22.4. The van der Waals surface area contributed by atoms with Crippen LogP contribution in [-0.2, 0) is 10.2 Å². The highest BCUT2D eigenvalue weighted by Gasteiger charge is 2.20. The number of halogens is 1. The van der Waals surface area contributed by atoms with Crippen molar-refractivity contribution in [1.82, 2.24) is 0 Å². The highest BCUT2D eigenvalue weighted by molar-refractivity contribution is 6.32. The third kappa shape index (κ3) is 5.54. The summed E-state index contributed by atoms with van der Waals surface area (Å²) < 4.78 is 15.9. The van der Waals surface area contributed by atoms with Gasteiger partial charge >= 0.3 is 0 Å². The van der Waals surface area contributed by atoms with E-state index < -0.39 is 11.8 Å². The molecule has 0 unspecified atom stereocenters. The summed E-state index contributed by atoms with van der Waals surface area (Å²) in [5, 5.41) is 2.96. The maximum atomic E-state index is 12.8. The van der Waals surface area contributed by atoms with Gasteiger partial charge in [-0.3, -0.25) is 9.59 Å². The monoisotopic (exact) mass is 420 g/mol. The van der Waals surface area contributed by atoms with Gasteiger partial charge in [-0.1, -0.05) is 38.4 Å². The minimum absolute atomic E-state index is 0.0995. The number of hydrogen-bond acceptors (Lipinski definition) is 5. The molecule has 0 saturated carbocycles. The Morgan fingerprint density at radius 3 is 2.28 bits per heavy atom. The minimum atomic E-state index is -0.657. The Kier molecular flexibility index (Phi) is 6.97. The average Bonchev–Trinajstić information content (AvgIpc) is 2.65.